The van der Waals surface area contributed by atoms with Crippen LogP contribution in [0.2, 0.25) is 13.1 Å². The van der Waals surface area contributed by atoms with Crippen LogP contribution >= 0.6 is 38.5 Å². The van der Waals surface area contributed by atoms with Crippen molar-refractivity contribution in [2.75, 3.05) is 0 Å². The van der Waals surface area contributed by atoms with Gasteiger partial charge in [-0.2, -0.15) is 0 Å². The van der Waals surface area contributed by atoms with Gasteiger partial charge >= 0.3 is 177 Å². The Balaban J connectivity index is 2.15. The quantitative estimate of drug-likeness (QED) is 0.345. The predicted molar refractivity (Wildman–Crippen MR) is 120 cm³/mol. The Labute approximate surface area is 175 Å². The number of rotatable bonds is 1. The summed E-state index contributed by atoms with van der Waals surface area (Å²) in [7, 11) is -2.02. The van der Waals surface area contributed by atoms with Crippen molar-refractivity contribution in [1.29, 1.82) is 0 Å². The molecule has 0 atom stereocenters. The third-order valence-corrected chi connectivity index (χ3v) is 12.8. The van der Waals surface area contributed by atoms with Gasteiger partial charge in [-0.25, -0.2) is 0 Å². The van der Waals surface area contributed by atoms with E-state index in [2.05, 4.69) is 76.4 Å². The molecule has 0 bridgehead atoms. The van der Waals surface area contributed by atoms with E-state index in [0.717, 1.165) is 16.3 Å². The van der Waals surface area contributed by atoms with Crippen molar-refractivity contribution in [3.05, 3.63) is 53.9 Å². The summed E-state index contributed by atoms with van der Waals surface area (Å²) in [6.45, 7) is 9.02. The molecular weight excluding hydrogens is 572 g/mol. The van der Waals surface area contributed by atoms with E-state index in [1.165, 1.54) is 27.3 Å². The van der Waals surface area contributed by atoms with E-state index in [0.29, 0.717) is 20.3 Å². The second-order valence-corrected chi connectivity index (χ2v) is 16.8. The normalized spacial score (nSPS) is 14.6. The fourth-order valence-corrected chi connectivity index (χ4v) is 11.9. The Kier molecular flexibility index (Phi) is 4.40. The van der Waals surface area contributed by atoms with Gasteiger partial charge in [-0.15, -0.1) is 0 Å². The minimum atomic E-state index is -2.02. The van der Waals surface area contributed by atoms with Crippen LogP contribution in [0.4, 0.5) is 5.69 Å². The van der Waals surface area contributed by atoms with E-state index in [1.54, 1.807) is 6.07 Å². The molecule has 0 spiro atoms. The summed E-state index contributed by atoms with van der Waals surface area (Å²) >= 11 is 6.47. The maximum atomic E-state index is 10.0. The van der Waals surface area contributed by atoms with Crippen LogP contribution in [0.25, 0.3) is 16.6 Å². The van der Waals surface area contributed by atoms with Gasteiger partial charge in [0.15, 0.2) is 0 Å². The van der Waals surface area contributed by atoms with Crippen molar-refractivity contribution in [3.8, 4) is 15.8 Å². The first kappa shape index (κ1) is 17.7. The van der Waals surface area contributed by atoms with E-state index in [1.807, 2.05) is 12.1 Å². The van der Waals surface area contributed by atoms with Crippen LogP contribution in [0.15, 0.2) is 45.9 Å². The van der Waals surface area contributed by atoms with Crippen LogP contribution in [0, 0.1) is 2.44 Å². The molecule has 0 radical (unpaired) electrons. The summed E-state index contributed by atoms with van der Waals surface area (Å²) in [6, 6.07) is 11.9. The van der Waals surface area contributed by atoms with E-state index < -0.39 is 8.07 Å². The number of halogens is 2. The van der Waals surface area contributed by atoms with Crippen LogP contribution in [0.5, 0.6) is 5.75 Å². The van der Waals surface area contributed by atoms with Crippen molar-refractivity contribution in [2.24, 2.45) is 4.99 Å². The minimum absolute atomic E-state index is 0.296. The molecule has 0 amide bonds. The molecule has 0 saturated heterocycles. The standard InChI is InChI=1S/C19H15BrINOSeSi/c1-10-4-6-14-19(17(10)18-12(20)9-16(21)24-18)25(2,3)15-8-11(23)5-7-13(15)22-14/h4-9,23H,1H2,2-3H3. The van der Waals surface area contributed by atoms with E-state index >= 15 is 0 Å². The molecule has 2 heterocycles. The predicted octanol–water partition coefficient (Wildman–Crippen LogP) is 2.98. The van der Waals surface area contributed by atoms with Gasteiger partial charge in [-0.05, 0) is 0 Å². The Morgan fingerprint density at radius 1 is 1.20 bits per heavy atom. The van der Waals surface area contributed by atoms with Crippen molar-refractivity contribution >= 4 is 83.7 Å². The third kappa shape index (κ3) is 2.82. The van der Waals surface area contributed by atoms with Gasteiger partial charge in [-0.1, -0.05) is 0 Å². The summed E-state index contributed by atoms with van der Waals surface area (Å²) in [4.78, 5) is 4.91. The molecule has 6 heteroatoms. The molecule has 0 saturated carbocycles. The topological polar surface area (TPSA) is 32.6 Å². The van der Waals surface area contributed by atoms with E-state index in [-0.39, 0.29) is 0 Å². The number of benzene rings is 2. The number of phenols is 1. The fraction of sp³-hybridized carbons (Fsp3) is 0.105. The van der Waals surface area contributed by atoms with Crippen LogP contribution < -0.4 is 20.9 Å². The molecule has 1 aliphatic rings. The number of hydrogen-bond acceptors (Lipinski definition) is 2. The van der Waals surface area contributed by atoms with Crippen molar-refractivity contribution < 1.29 is 5.11 Å². The summed E-state index contributed by atoms with van der Waals surface area (Å²) < 4.78 is 3.91. The SMILES string of the molecule is C=c1ccc2c(c1-c1[se]c(I)cc1Br)[Si](C)(C)c1cc(O)ccc1N=2. The van der Waals surface area contributed by atoms with Crippen molar-refractivity contribution in [1.82, 2.24) is 0 Å². The Bertz CT molecular complexity index is 1140. The Hall–Kier alpha value is -0.664. The summed E-state index contributed by atoms with van der Waals surface area (Å²) in [5.74, 6) is 0.312. The number of phenolic OH excluding ortho intramolecular Hbond substituents is 1. The molecule has 126 valence electrons. The molecule has 1 aromatic heterocycles. The maximum absolute atomic E-state index is 10.0. The fourth-order valence-electron chi connectivity index (χ4n) is 3.52. The monoisotopic (exact) mass is 587 g/mol. The van der Waals surface area contributed by atoms with Gasteiger partial charge < -0.3 is 0 Å². The van der Waals surface area contributed by atoms with Gasteiger partial charge in [0, 0.05) is 0 Å². The van der Waals surface area contributed by atoms with Crippen LogP contribution in [-0.2, 0) is 0 Å². The summed E-state index contributed by atoms with van der Waals surface area (Å²) in [5, 5.41) is 14.7. The first-order valence-corrected chi connectivity index (χ1v) is 14.4. The number of aromatic hydroxyl groups is 1. The van der Waals surface area contributed by atoms with Crippen LogP contribution in [-0.4, -0.2) is 27.7 Å². The third-order valence-electron chi connectivity index (χ3n) is 4.67. The zero-order valence-electron chi connectivity index (χ0n) is 13.7. The van der Waals surface area contributed by atoms with Crippen molar-refractivity contribution in [3.63, 3.8) is 0 Å². The number of nitrogens with zero attached hydrogens (tertiary/aromatic N) is 1. The zero-order chi connectivity index (χ0) is 17.9. The first-order valence-electron chi connectivity index (χ1n) is 7.79. The van der Waals surface area contributed by atoms with Crippen LogP contribution in [0.3, 0.4) is 0 Å². The Morgan fingerprint density at radius 3 is 2.64 bits per heavy atom. The molecule has 2 aromatic carbocycles. The molecule has 0 unspecified atom stereocenters. The second-order valence-electron chi connectivity index (χ2n) is 6.66. The van der Waals surface area contributed by atoms with Gasteiger partial charge in [0.25, 0.3) is 0 Å². The van der Waals surface area contributed by atoms with Gasteiger partial charge in [-0.3, -0.25) is 0 Å². The summed E-state index contributed by atoms with van der Waals surface area (Å²) in [5.41, 5.74) is 2.25. The van der Waals surface area contributed by atoms with Crippen LogP contribution in [0.1, 0.15) is 0 Å². The molecule has 3 aromatic rings. The van der Waals surface area contributed by atoms with Gasteiger partial charge in [0.1, 0.15) is 0 Å². The molecule has 1 N–H and O–H groups in total. The average molecular weight is 587 g/mol. The zero-order valence-corrected chi connectivity index (χ0v) is 20.2. The van der Waals surface area contributed by atoms with Gasteiger partial charge in [0.05, 0.1) is 0 Å². The molecular formula is C19H15BrINOSeSi. The number of hydrogen-bond donors (Lipinski definition) is 1. The average Bonchev–Trinajstić information content (AvgIpc) is 2.87. The molecule has 0 aliphatic carbocycles. The number of fused-ring (bicyclic) bond motifs is 2. The molecule has 1 aliphatic heterocycles. The Morgan fingerprint density at radius 2 is 1.96 bits per heavy atom. The molecule has 2 nitrogen and oxygen atoms in total. The first-order chi connectivity index (χ1) is 11.8. The molecule has 0 fully saturated rings. The molecule has 4 rings (SSSR count). The van der Waals surface area contributed by atoms with E-state index in [9.17, 15) is 5.11 Å². The second kappa shape index (κ2) is 6.20. The summed E-state index contributed by atoms with van der Waals surface area (Å²) in [6.07, 6.45) is 0. The van der Waals surface area contributed by atoms with Crippen molar-refractivity contribution in [2.45, 2.75) is 13.1 Å². The molecule has 25 heavy (non-hydrogen) atoms. The van der Waals surface area contributed by atoms with Gasteiger partial charge in [0.2, 0.25) is 0 Å². The van der Waals surface area contributed by atoms with E-state index in [4.69, 9.17) is 4.99 Å².